The highest BCUT2D eigenvalue weighted by Crippen LogP contribution is 2.30. The van der Waals surface area contributed by atoms with Gasteiger partial charge in [0.25, 0.3) is 5.91 Å². The van der Waals surface area contributed by atoms with Gasteiger partial charge in [-0.05, 0) is 34.9 Å². The van der Waals surface area contributed by atoms with Gasteiger partial charge in [0.2, 0.25) is 0 Å². The zero-order valence-corrected chi connectivity index (χ0v) is 16.6. The molecule has 30 heavy (non-hydrogen) atoms. The number of carbonyl (C=O) groups is 2. The first kappa shape index (κ1) is 19.3. The maximum Gasteiger partial charge on any atom is 0.323 e. The third-order valence-electron chi connectivity index (χ3n) is 4.91. The molecule has 3 aromatic carbocycles. The first-order valence-corrected chi connectivity index (χ1v) is 9.39. The van der Waals surface area contributed by atoms with Gasteiger partial charge in [-0.3, -0.25) is 4.79 Å². The van der Waals surface area contributed by atoms with E-state index >= 15 is 0 Å². The predicted molar refractivity (Wildman–Crippen MR) is 115 cm³/mol. The van der Waals surface area contributed by atoms with Crippen LogP contribution in [0.1, 0.15) is 15.9 Å². The molecule has 7 heteroatoms. The summed E-state index contributed by atoms with van der Waals surface area (Å²) in [6, 6.07) is 17.9. The number of nitrogens with one attached hydrogen (secondary N) is 3. The summed E-state index contributed by atoms with van der Waals surface area (Å²) in [7, 11) is 3.10. The molecule has 0 spiro atoms. The van der Waals surface area contributed by atoms with Gasteiger partial charge in [-0.25, -0.2) is 4.79 Å². The van der Waals surface area contributed by atoms with Crippen LogP contribution in [-0.4, -0.2) is 26.2 Å². The van der Waals surface area contributed by atoms with Crippen LogP contribution in [0, 0.1) is 0 Å². The molecule has 0 aliphatic carbocycles. The van der Waals surface area contributed by atoms with Gasteiger partial charge in [0.05, 0.1) is 14.2 Å². The van der Waals surface area contributed by atoms with Crippen molar-refractivity contribution in [3.05, 3.63) is 71.8 Å². The third-order valence-corrected chi connectivity index (χ3v) is 4.91. The summed E-state index contributed by atoms with van der Waals surface area (Å²) in [5.41, 5.74) is 4.89. The fourth-order valence-electron chi connectivity index (χ4n) is 3.43. The van der Waals surface area contributed by atoms with Crippen molar-refractivity contribution in [1.29, 1.82) is 0 Å². The molecule has 152 valence electrons. The number of ether oxygens (including phenoxy) is 2. The summed E-state index contributed by atoms with van der Waals surface area (Å²) in [4.78, 5) is 24.2. The number of rotatable bonds is 5. The highest BCUT2D eigenvalue weighted by atomic mass is 16.5. The quantitative estimate of drug-likeness (QED) is 0.594. The first-order valence-electron chi connectivity index (χ1n) is 9.39. The van der Waals surface area contributed by atoms with E-state index in [9.17, 15) is 9.59 Å². The van der Waals surface area contributed by atoms with E-state index in [1.165, 1.54) is 0 Å². The number of benzene rings is 3. The zero-order chi connectivity index (χ0) is 21.1. The molecule has 0 aromatic heterocycles. The molecule has 0 saturated carbocycles. The molecule has 0 fully saturated rings. The van der Waals surface area contributed by atoms with E-state index in [4.69, 9.17) is 9.47 Å². The van der Waals surface area contributed by atoms with Crippen LogP contribution < -0.4 is 25.4 Å². The number of hydrogen-bond acceptors (Lipinski definition) is 4. The van der Waals surface area contributed by atoms with Gasteiger partial charge in [0, 0.05) is 41.7 Å². The number of amides is 3. The van der Waals surface area contributed by atoms with Gasteiger partial charge in [0.1, 0.15) is 11.5 Å². The lowest BCUT2D eigenvalue weighted by atomic mass is 9.97. The molecule has 0 atom stereocenters. The first-order chi connectivity index (χ1) is 14.6. The van der Waals surface area contributed by atoms with E-state index in [0.29, 0.717) is 35.0 Å². The molecule has 7 nitrogen and oxygen atoms in total. The molecule has 3 amide bonds. The van der Waals surface area contributed by atoms with Crippen molar-refractivity contribution in [1.82, 2.24) is 5.32 Å². The van der Waals surface area contributed by atoms with E-state index in [1.807, 2.05) is 42.5 Å². The van der Waals surface area contributed by atoms with Crippen LogP contribution in [0.4, 0.5) is 16.2 Å². The standard InChI is InChI=1S/C23H21N3O4/c1-29-17-10-16(11-18(12-17)30-2)26-23(28)25-15-8-6-14(7-9-15)19-4-3-5-20-21(19)13-24-22(20)27/h3-12H,13H2,1-2H3,(H,24,27)(H2,25,26,28). The maximum absolute atomic E-state index is 12.4. The topological polar surface area (TPSA) is 88.7 Å². The van der Waals surface area contributed by atoms with Crippen molar-refractivity contribution in [2.75, 3.05) is 24.9 Å². The lowest BCUT2D eigenvalue weighted by molar-refractivity contribution is 0.0965. The number of fused-ring (bicyclic) bond motifs is 1. The van der Waals surface area contributed by atoms with Gasteiger partial charge >= 0.3 is 6.03 Å². The van der Waals surface area contributed by atoms with Crippen LogP contribution >= 0.6 is 0 Å². The summed E-state index contributed by atoms with van der Waals surface area (Å²) in [5, 5.41) is 8.42. The summed E-state index contributed by atoms with van der Waals surface area (Å²) in [6.07, 6.45) is 0. The third kappa shape index (κ3) is 3.91. The molecule has 1 heterocycles. The van der Waals surface area contributed by atoms with Gasteiger partial charge in [-0.2, -0.15) is 0 Å². The van der Waals surface area contributed by atoms with Crippen LogP contribution in [0.5, 0.6) is 11.5 Å². The minimum absolute atomic E-state index is 0.0454. The second-order valence-electron chi connectivity index (χ2n) is 6.77. The van der Waals surface area contributed by atoms with Gasteiger partial charge in [-0.1, -0.05) is 24.3 Å². The highest BCUT2D eigenvalue weighted by molar-refractivity contribution is 6.01. The molecule has 1 aliphatic heterocycles. The number of methoxy groups -OCH3 is 2. The molecular weight excluding hydrogens is 382 g/mol. The monoisotopic (exact) mass is 403 g/mol. The Balaban J connectivity index is 1.47. The number of hydrogen-bond donors (Lipinski definition) is 3. The van der Waals surface area contributed by atoms with Crippen LogP contribution in [0.2, 0.25) is 0 Å². The molecule has 0 unspecified atom stereocenters. The Morgan fingerprint density at radius 2 is 1.50 bits per heavy atom. The molecular formula is C23H21N3O4. The van der Waals surface area contributed by atoms with E-state index in [0.717, 1.165) is 16.7 Å². The highest BCUT2D eigenvalue weighted by Gasteiger charge is 2.21. The van der Waals surface area contributed by atoms with Crippen LogP contribution in [0.15, 0.2) is 60.7 Å². The summed E-state index contributed by atoms with van der Waals surface area (Å²) >= 11 is 0. The summed E-state index contributed by atoms with van der Waals surface area (Å²) in [6.45, 7) is 0.525. The van der Waals surface area contributed by atoms with E-state index < -0.39 is 0 Å². The Hall–Kier alpha value is -4.00. The van der Waals surface area contributed by atoms with E-state index in [1.54, 1.807) is 32.4 Å². The van der Waals surface area contributed by atoms with Crippen molar-refractivity contribution in [2.24, 2.45) is 0 Å². The molecule has 0 bridgehead atoms. The fourth-order valence-corrected chi connectivity index (χ4v) is 3.43. The van der Waals surface area contributed by atoms with Crippen LogP contribution in [0.25, 0.3) is 11.1 Å². The van der Waals surface area contributed by atoms with Crippen molar-refractivity contribution in [3.63, 3.8) is 0 Å². The lowest BCUT2D eigenvalue weighted by Gasteiger charge is -2.12. The van der Waals surface area contributed by atoms with Gasteiger partial charge in [0.15, 0.2) is 0 Å². The smallest absolute Gasteiger partial charge is 0.323 e. The van der Waals surface area contributed by atoms with Gasteiger partial charge in [-0.15, -0.1) is 0 Å². The van der Waals surface area contributed by atoms with Crippen molar-refractivity contribution in [3.8, 4) is 22.6 Å². The molecule has 0 radical (unpaired) electrons. The Labute approximate surface area is 174 Å². The average Bonchev–Trinajstić information content (AvgIpc) is 3.15. The molecule has 3 N–H and O–H groups in total. The normalized spacial score (nSPS) is 12.0. The second kappa shape index (κ2) is 8.16. The number of carbonyl (C=O) groups excluding carboxylic acids is 2. The Kier molecular flexibility index (Phi) is 5.26. The van der Waals surface area contributed by atoms with E-state index in [2.05, 4.69) is 16.0 Å². The van der Waals surface area contributed by atoms with E-state index in [-0.39, 0.29) is 11.9 Å². The predicted octanol–water partition coefficient (Wildman–Crippen LogP) is 4.26. The van der Waals surface area contributed by atoms with Crippen LogP contribution in [-0.2, 0) is 6.54 Å². The molecule has 1 aliphatic rings. The van der Waals surface area contributed by atoms with Crippen LogP contribution in [0.3, 0.4) is 0 Å². The molecule has 3 aromatic rings. The zero-order valence-electron chi connectivity index (χ0n) is 16.6. The summed E-state index contributed by atoms with van der Waals surface area (Å²) < 4.78 is 10.4. The average molecular weight is 403 g/mol. The molecule has 4 rings (SSSR count). The van der Waals surface area contributed by atoms with Crippen molar-refractivity contribution >= 4 is 23.3 Å². The second-order valence-corrected chi connectivity index (χ2v) is 6.77. The van der Waals surface area contributed by atoms with Gasteiger partial charge < -0.3 is 25.4 Å². The Bertz CT molecular complexity index is 1090. The number of urea groups is 1. The maximum atomic E-state index is 12.4. The SMILES string of the molecule is COc1cc(NC(=O)Nc2ccc(-c3cccc4c3CNC4=O)cc2)cc(OC)c1. The minimum atomic E-state index is -0.381. The lowest BCUT2D eigenvalue weighted by Crippen LogP contribution is -2.19. The van der Waals surface area contributed by atoms with Crippen molar-refractivity contribution < 1.29 is 19.1 Å². The fraction of sp³-hybridized carbons (Fsp3) is 0.130. The number of anilines is 2. The van der Waals surface area contributed by atoms with Crippen molar-refractivity contribution in [2.45, 2.75) is 6.54 Å². The Morgan fingerprint density at radius 1 is 0.867 bits per heavy atom. The Morgan fingerprint density at radius 3 is 2.17 bits per heavy atom. The summed E-state index contributed by atoms with van der Waals surface area (Å²) in [5.74, 6) is 1.12. The largest absolute Gasteiger partial charge is 0.497 e. The minimum Gasteiger partial charge on any atom is -0.497 e. The molecule has 0 saturated heterocycles.